The Kier molecular flexibility index (Phi) is 4.22. The van der Waals surface area contributed by atoms with Gasteiger partial charge in [-0.25, -0.2) is 4.79 Å². The lowest BCUT2D eigenvalue weighted by molar-refractivity contribution is -0.384. The van der Waals surface area contributed by atoms with Crippen molar-refractivity contribution in [2.45, 2.75) is 13.5 Å². The van der Waals surface area contributed by atoms with Gasteiger partial charge in [0.05, 0.1) is 23.3 Å². The van der Waals surface area contributed by atoms with Gasteiger partial charge in [0.1, 0.15) is 11.4 Å². The van der Waals surface area contributed by atoms with Crippen LogP contribution in [0.1, 0.15) is 23.0 Å². The molecule has 1 heterocycles. The first kappa shape index (κ1) is 14.6. The quantitative estimate of drug-likeness (QED) is 0.649. The van der Waals surface area contributed by atoms with Gasteiger partial charge in [-0.15, -0.1) is 0 Å². The van der Waals surface area contributed by atoms with Crippen molar-refractivity contribution in [2.24, 2.45) is 0 Å². The summed E-state index contributed by atoms with van der Waals surface area (Å²) in [5, 5.41) is 20.1. The molecule has 0 radical (unpaired) electrons. The van der Waals surface area contributed by atoms with Crippen LogP contribution >= 0.6 is 0 Å². The molecule has 0 aliphatic carbocycles. The molecular formula is C14H14N2O5. The average Bonchev–Trinajstić information content (AvgIpc) is 2.97. The summed E-state index contributed by atoms with van der Waals surface area (Å²) in [4.78, 5) is 23.3. The summed E-state index contributed by atoms with van der Waals surface area (Å²) < 4.78 is 5.24. The fraction of sp³-hybridized carbons (Fsp3) is 0.214. The number of hydrogen-bond acceptors (Lipinski definition) is 5. The highest BCUT2D eigenvalue weighted by molar-refractivity contribution is 5.89. The van der Waals surface area contributed by atoms with Gasteiger partial charge in [0.15, 0.2) is 0 Å². The molecule has 0 unspecified atom stereocenters. The van der Waals surface area contributed by atoms with Crippen LogP contribution in [0.15, 0.2) is 41.0 Å². The van der Waals surface area contributed by atoms with E-state index in [1.807, 2.05) is 6.92 Å². The number of carbonyl (C=O) groups is 1. The zero-order valence-electron chi connectivity index (χ0n) is 11.4. The average molecular weight is 290 g/mol. The normalized spacial score (nSPS) is 10.3. The molecule has 0 fully saturated rings. The highest BCUT2D eigenvalue weighted by Gasteiger charge is 2.21. The smallest absolute Gasteiger partial charge is 0.335 e. The van der Waals surface area contributed by atoms with E-state index in [1.165, 1.54) is 18.4 Å². The van der Waals surface area contributed by atoms with Crippen LogP contribution < -0.4 is 4.90 Å². The van der Waals surface area contributed by atoms with Crippen LogP contribution in [0.5, 0.6) is 0 Å². The molecule has 0 spiro atoms. The maximum atomic E-state index is 11.2. The van der Waals surface area contributed by atoms with Crippen LogP contribution in [0.3, 0.4) is 0 Å². The minimum absolute atomic E-state index is 0.112. The lowest BCUT2D eigenvalue weighted by atomic mass is 10.1. The summed E-state index contributed by atoms with van der Waals surface area (Å²) in [6, 6.07) is 7.40. The lowest BCUT2D eigenvalue weighted by Crippen LogP contribution is -2.22. The Balaban J connectivity index is 2.40. The Bertz CT molecular complexity index is 651. The number of benzene rings is 1. The standard InChI is InChI=1S/C14H14N2O5/c1-2-15(9-11-4-3-7-21-11)12-6-5-10(14(17)18)8-13(12)16(19)20/h3-8H,2,9H2,1H3,(H,17,18). The van der Waals surface area contributed by atoms with Gasteiger partial charge in [0, 0.05) is 12.6 Å². The van der Waals surface area contributed by atoms with E-state index in [9.17, 15) is 14.9 Å². The minimum Gasteiger partial charge on any atom is -0.478 e. The molecule has 0 aliphatic heterocycles. The summed E-state index contributed by atoms with van der Waals surface area (Å²) in [6.45, 7) is 2.75. The third-order valence-corrected chi connectivity index (χ3v) is 3.07. The van der Waals surface area contributed by atoms with Crippen molar-refractivity contribution in [1.29, 1.82) is 0 Å². The first-order valence-corrected chi connectivity index (χ1v) is 6.32. The van der Waals surface area contributed by atoms with Crippen LogP contribution in [0.2, 0.25) is 0 Å². The fourth-order valence-corrected chi connectivity index (χ4v) is 2.03. The first-order valence-electron chi connectivity index (χ1n) is 6.32. The number of aromatic carboxylic acids is 1. The number of carboxylic acid groups (broad SMARTS) is 1. The number of nitrogens with zero attached hydrogens (tertiary/aromatic N) is 2. The molecule has 0 atom stereocenters. The molecule has 7 heteroatoms. The van der Waals surface area contributed by atoms with E-state index in [-0.39, 0.29) is 11.3 Å². The van der Waals surface area contributed by atoms with E-state index in [1.54, 1.807) is 17.0 Å². The molecule has 0 saturated carbocycles. The zero-order valence-corrected chi connectivity index (χ0v) is 11.4. The summed E-state index contributed by atoms with van der Waals surface area (Å²) in [5.41, 5.74) is 0.0201. The second-order valence-electron chi connectivity index (χ2n) is 4.36. The predicted molar refractivity (Wildman–Crippen MR) is 75.5 cm³/mol. The second-order valence-corrected chi connectivity index (χ2v) is 4.36. The molecule has 1 N–H and O–H groups in total. The van der Waals surface area contributed by atoms with Crippen LogP contribution in [-0.4, -0.2) is 22.5 Å². The number of furan rings is 1. The molecule has 1 aromatic carbocycles. The number of carboxylic acids is 1. The van der Waals surface area contributed by atoms with Gasteiger partial charge < -0.3 is 14.4 Å². The molecule has 110 valence electrons. The number of nitro benzene ring substituents is 1. The summed E-state index contributed by atoms with van der Waals surface area (Å²) >= 11 is 0. The van der Waals surface area contributed by atoms with E-state index in [0.717, 1.165) is 6.07 Å². The van der Waals surface area contributed by atoms with Crippen molar-refractivity contribution in [3.05, 3.63) is 58.0 Å². The van der Waals surface area contributed by atoms with Crippen molar-refractivity contribution in [3.8, 4) is 0 Å². The molecule has 2 aromatic rings. The Labute approximate surface area is 120 Å². The third-order valence-electron chi connectivity index (χ3n) is 3.07. The van der Waals surface area contributed by atoms with Crippen LogP contribution in [0.4, 0.5) is 11.4 Å². The molecule has 7 nitrogen and oxygen atoms in total. The van der Waals surface area contributed by atoms with Gasteiger partial charge in [-0.1, -0.05) is 0 Å². The van der Waals surface area contributed by atoms with E-state index >= 15 is 0 Å². The lowest BCUT2D eigenvalue weighted by Gasteiger charge is -2.21. The zero-order chi connectivity index (χ0) is 15.4. The highest BCUT2D eigenvalue weighted by Crippen LogP contribution is 2.30. The Morgan fingerprint density at radius 2 is 2.19 bits per heavy atom. The van der Waals surface area contributed by atoms with Gasteiger partial charge in [0.25, 0.3) is 5.69 Å². The number of rotatable bonds is 6. The van der Waals surface area contributed by atoms with Crippen molar-refractivity contribution >= 4 is 17.3 Å². The summed E-state index contributed by atoms with van der Waals surface area (Å²) in [6.07, 6.45) is 1.53. The third kappa shape index (κ3) is 3.19. The van der Waals surface area contributed by atoms with E-state index < -0.39 is 10.9 Å². The largest absolute Gasteiger partial charge is 0.478 e. The molecule has 1 aromatic heterocycles. The molecular weight excluding hydrogens is 276 g/mol. The number of anilines is 1. The molecule has 21 heavy (non-hydrogen) atoms. The Morgan fingerprint density at radius 1 is 1.43 bits per heavy atom. The Morgan fingerprint density at radius 3 is 2.71 bits per heavy atom. The van der Waals surface area contributed by atoms with E-state index in [4.69, 9.17) is 9.52 Å². The van der Waals surface area contributed by atoms with Gasteiger partial charge in [-0.2, -0.15) is 0 Å². The predicted octanol–water partition coefficient (Wildman–Crippen LogP) is 2.91. The highest BCUT2D eigenvalue weighted by atomic mass is 16.6. The SMILES string of the molecule is CCN(Cc1ccco1)c1ccc(C(=O)O)cc1[N+](=O)[O-]. The fourth-order valence-electron chi connectivity index (χ4n) is 2.03. The minimum atomic E-state index is -1.20. The molecule has 0 saturated heterocycles. The molecule has 2 rings (SSSR count). The van der Waals surface area contributed by atoms with Crippen molar-refractivity contribution in [1.82, 2.24) is 0 Å². The van der Waals surface area contributed by atoms with Gasteiger partial charge in [-0.3, -0.25) is 10.1 Å². The van der Waals surface area contributed by atoms with Crippen molar-refractivity contribution < 1.29 is 19.2 Å². The van der Waals surface area contributed by atoms with Crippen molar-refractivity contribution in [2.75, 3.05) is 11.4 Å². The molecule has 0 aliphatic rings. The Hall–Kier alpha value is -2.83. The second kappa shape index (κ2) is 6.08. The van der Waals surface area contributed by atoms with Crippen molar-refractivity contribution in [3.63, 3.8) is 0 Å². The van der Waals surface area contributed by atoms with Gasteiger partial charge >= 0.3 is 5.97 Å². The van der Waals surface area contributed by atoms with Crippen LogP contribution in [-0.2, 0) is 6.54 Å². The maximum absolute atomic E-state index is 11.2. The van der Waals surface area contributed by atoms with Gasteiger partial charge in [-0.05, 0) is 31.2 Å². The van der Waals surface area contributed by atoms with Crippen LogP contribution in [0.25, 0.3) is 0 Å². The topological polar surface area (TPSA) is 96.8 Å². The van der Waals surface area contributed by atoms with Crippen LogP contribution in [0, 0.1) is 10.1 Å². The monoisotopic (exact) mass is 290 g/mol. The van der Waals surface area contributed by atoms with E-state index in [0.29, 0.717) is 24.5 Å². The number of nitro groups is 1. The molecule has 0 amide bonds. The first-order chi connectivity index (χ1) is 10.0. The number of hydrogen-bond donors (Lipinski definition) is 1. The summed E-state index contributed by atoms with van der Waals surface area (Å²) in [7, 11) is 0. The van der Waals surface area contributed by atoms with E-state index in [2.05, 4.69) is 0 Å². The maximum Gasteiger partial charge on any atom is 0.335 e. The summed E-state index contributed by atoms with van der Waals surface area (Å²) in [5.74, 6) is -0.521. The molecule has 0 bridgehead atoms. The van der Waals surface area contributed by atoms with Gasteiger partial charge in [0.2, 0.25) is 0 Å².